The molecule has 0 radical (unpaired) electrons. The van der Waals surface area contributed by atoms with E-state index < -0.39 is 0 Å². The number of benzene rings is 2. The van der Waals surface area contributed by atoms with Crippen molar-refractivity contribution in [2.75, 3.05) is 6.54 Å². The van der Waals surface area contributed by atoms with Gasteiger partial charge < -0.3 is 0 Å². The lowest BCUT2D eigenvalue weighted by Gasteiger charge is -2.17. The molecule has 0 bridgehead atoms. The molecule has 84 valence electrons. The van der Waals surface area contributed by atoms with Crippen LogP contribution in [0.5, 0.6) is 0 Å². The largest absolute Gasteiger partial charge is 0.284 e. The van der Waals surface area contributed by atoms with Crippen LogP contribution in [0.1, 0.15) is 16.7 Å². The monoisotopic (exact) mass is 241 g/mol. The molecule has 2 aromatic carbocycles. The van der Waals surface area contributed by atoms with Gasteiger partial charge in [0.25, 0.3) is 0 Å². The van der Waals surface area contributed by atoms with Crippen LogP contribution >= 0.6 is 11.6 Å². The SMILES string of the molecule is Clc1ccc2c(c1)CCN=C2c1ccccc1. The van der Waals surface area contributed by atoms with Gasteiger partial charge in [0.2, 0.25) is 0 Å². The van der Waals surface area contributed by atoms with Crippen LogP contribution in [0.25, 0.3) is 0 Å². The molecule has 2 aromatic rings. The number of halogens is 1. The topological polar surface area (TPSA) is 12.4 Å². The molecule has 0 spiro atoms. The quantitative estimate of drug-likeness (QED) is 0.721. The Balaban J connectivity index is 2.12. The smallest absolute Gasteiger partial charge is 0.0721 e. The van der Waals surface area contributed by atoms with Crippen LogP contribution in [-0.4, -0.2) is 12.3 Å². The molecule has 0 N–H and O–H groups in total. The fraction of sp³-hybridized carbons (Fsp3) is 0.133. The van der Waals surface area contributed by atoms with Crippen molar-refractivity contribution in [3.05, 3.63) is 70.2 Å². The number of hydrogen-bond acceptors (Lipinski definition) is 1. The third kappa shape index (κ3) is 1.98. The predicted molar refractivity (Wildman–Crippen MR) is 72.1 cm³/mol. The number of nitrogens with zero attached hydrogens (tertiary/aromatic N) is 1. The van der Waals surface area contributed by atoms with E-state index in [1.807, 2.05) is 24.3 Å². The lowest BCUT2D eigenvalue weighted by molar-refractivity contribution is 0.944. The lowest BCUT2D eigenvalue weighted by atomic mass is 9.93. The summed E-state index contributed by atoms with van der Waals surface area (Å²) in [6.45, 7) is 0.845. The Hall–Kier alpha value is -1.60. The van der Waals surface area contributed by atoms with Gasteiger partial charge in [-0.25, -0.2) is 0 Å². The van der Waals surface area contributed by atoms with Gasteiger partial charge in [-0.05, 0) is 24.1 Å². The summed E-state index contributed by atoms with van der Waals surface area (Å²) in [5.41, 5.74) is 4.78. The maximum Gasteiger partial charge on any atom is 0.0721 e. The molecule has 0 saturated carbocycles. The van der Waals surface area contributed by atoms with Crippen molar-refractivity contribution in [2.24, 2.45) is 4.99 Å². The third-order valence-corrected chi connectivity index (χ3v) is 3.26. The Bertz CT molecular complexity index is 573. The van der Waals surface area contributed by atoms with Crippen LogP contribution in [0.15, 0.2) is 53.5 Å². The maximum atomic E-state index is 6.03. The molecule has 1 nitrogen and oxygen atoms in total. The summed E-state index contributed by atoms with van der Waals surface area (Å²) in [5, 5.41) is 0.804. The minimum absolute atomic E-state index is 0.804. The molecular formula is C15H12ClN. The highest BCUT2D eigenvalue weighted by molar-refractivity contribution is 6.31. The minimum Gasteiger partial charge on any atom is -0.284 e. The van der Waals surface area contributed by atoms with E-state index in [4.69, 9.17) is 11.6 Å². The van der Waals surface area contributed by atoms with Gasteiger partial charge in [-0.15, -0.1) is 0 Å². The fourth-order valence-corrected chi connectivity index (χ4v) is 2.41. The Kier molecular flexibility index (Phi) is 2.69. The van der Waals surface area contributed by atoms with Crippen molar-refractivity contribution in [3.8, 4) is 0 Å². The van der Waals surface area contributed by atoms with Gasteiger partial charge >= 0.3 is 0 Å². The van der Waals surface area contributed by atoms with E-state index in [1.54, 1.807) is 0 Å². The Morgan fingerprint density at radius 1 is 1.00 bits per heavy atom. The molecular weight excluding hydrogens is 230 g/mol. The van der Waals surface area contributed by atoms with E-state index >= 15 is 0 Å². The molecule has 0 aromatic heterocycles. The summed E-state index contributed by atoms with van der Waals surface area (Å²) in [4.78, 5) is 4.64. The molecule has 0 unspecified atom stereocenters. The van der Waals surface area contributed by atoms with Crippen LogP contribution in [-0.2, 0) is 6.42 Å². The van der Waals surface area contributed by atoms with Gasteiger partial charge in [0.15, 0.2) is 0 Å². The molecule has 0 fully saturated rings. The highest BCUT2D eigenvalue weighted by Crippen LogP contribution is 2.23. The molecule has 0 atom stereocenters. The first-order valence-electron chi connectivity index (χ1n) is 5.73. The van der Waals surface area contributed by atoms with Gasteiger partial charge in [0, 0.05) is 22.7 Å². The first-order valence-corrected chi connectivity index (χ1v) is 6.11. The summed E-state index contributed by atoms with van der Waals surface area (Å²) in [5.74, 6) is 0. The van der Waals surface area contributed by atoms with Crippen molar-refractivity contribution in [3.63, 3.8) is 0 Å². The van der Waals surface area contributed by atoms with Gasteiger partial charge in [-0.2, -0.15) is 0 Å². The summed E-state index contributed by atoms with van der Waals surface area (Å²) >= 11 is 6.03. The van der Waals surface area contributed by atoms with Crippen molar-refractivity contribution in [1.82, 2.24) is 0 Å². The number of hydrogen-bond donors (Lipinski definition) is 0. The average molecular weight is 242 g/mol. The van der Waals surface area contributed by atoms with Gasteiger partial charge in [-0.3, -0.25) is 4.99 Å². The zero-order valence-electron chi connectivity index (χ0n) is 9.36. The molecule has 1 aliphatic heterocycles. The van der Waals surface area contributed by atoms with E-state index in [-0.39, 0.29) is 0 Å². The second-order valence-corrected chi connectivity index (χ2v) is 4.58. The van der Waals surface area contributed by atoms with E-state index in [0.29, 0.717) is 0 Å². The summed E-state index contributed by atoms with van der Waals surface area (Å²) < 4.78 is 0. The zero-order chi connectivity index (χ0) is 11.7. The first kappa shape index (κ1) is 10.5. The van der Waals surface area contributed by atoms with Crippen molar-refractivity contribution in [1.29, 1.82) is 0 Å². The summed E-state index contributed by atoms with van der Waals surface area (Å²) in [7, 11) is 0. The van der Waals surface area contributed by atoms with Crippen molar-refractivity contribution >= 4 is 17.3 Å². The number of fused-ring (bicyclic) bond motifs is 1. The molecule has 1 aliphatic rings. The van der Waals surface area contributed by atoms with E-state index in [2.05, 4.69) is 29.3 Å². The molecule has 1 heterocycles. The van der Waals surface area contributed by atoms with Crippen LogP contribution in [0, 0.1) is 0 Å². The number of rotatable bonds is 1. The third-order valence-electron chi connectivity index (χ3n) is 3.02. The van der Waals surface area contributed by atoms with E-state index in [1.165, 1.54) is 16.7 Å². The van der Waals surface area contributed by atoms with E-state index in [0.717, 1.165) is 23.7 Å². The van der Waals surface area contributed by atoms with Crippen molar-refractivity contribution < 1.29 is 0 Å². The highest BCUT2D eigenvalue weighted by Gasteiger charge is 2.15. The first-order chi connectivity index (χ1) is 8.34. The molecule has 17 heavy (non-hydrogen) atoms. The van der Waals surface area contributed by atoms with Crippen LogP contribution < -0.4 is 0 Å². The maximum absolute atomic E-state index is 6.03. The molecule has 3 rings (SSSR count). The second-order valence-electron chi connectivity index (χ2n) is 4.15. The fourth-order valence-electron chi connectivity index (χ4n) is 2.22. The molecule has 0 amide bonds. The van der Waals surface area contributed by atoms with Crippen molar-refractivity contribution in [2.45, 2.75) is 6.42 Å². The highest BCUT2D eigenvalue weighted by atomic mass is 35.5. The summed E-state index contributed by atoms with van der Waals surface area (Å²) in [6, 6.07) is 16.4. The Labute approximate surface area is 106 Å². The zero-order valence-corrected chi connectivity index (χ0v) is 10.1. The molecule has 0 saturated heterocycles. The minimum atomic E-state index is 0.804. The van der Waals surface area contributed by atoms with Gasteiger partial charge in [-0.1, -0.05) is 48.0 Å². The predicted octanol–water partition coefficient (Wildman–Crippen LogP) is 3.73. The van der Waals surface area contributed by atoms with Crippen LogP contribution in [0.2, 0.25) is 5.02 Å². The second kappa shape index (κ2) is 4.34. The van der Waals surface area contributed by atoms with E-state index in [9.17, 15) is 0 Å². The Morgan fingerprint density at radius 2 is 1.82 bits per heavy atom. The number of aliphatic imine (C=N–C) groups is 1. The molecule has 0 aliphatic carbocycles. The lowest BCUT2D eigenvalue weighted by Crippen LogP contribution is -2.13. The Morgan fingerprint density at radius 3 is 2.65 bits per heavy atom. The van der Waals surface area contributed by atoms with Crippen LogP contribution in [0.4, 0.5) is 0 Å². The summed E-state index contributed by atoms with van der Waals surface area (Å²) in [6.07, 6.45) is 0.978. The van der Waals surface area contributed by atoms with Gasteiger partial charge in [0.05, 0.1) is 5.71 Å². The normalized spacial score (nSPS) is 14.1. The molecule has 2 heteroatoms. The standard InChI is InChI=1S/C15H12ClN/c16-13-6-7-14-12(10-13)8-9-17-15(14)11-4-2-1-3-5-11/h1-7,10H,8-9H2. The van der Waals surface area contributed by atoms with Crippen LogP contribution in [0.3, 0.4) is 0 Å². The van der Waals surface area contributed by atoms with Gasteiger partial charge in [0.1, 0.15) is 0 Å². The average Bonchev–Trinajstić information content (AvgIpc) is 2.39.